The van der Waals surface area contributed by atoms with Crippen molar-refractivity contribution in [2.24, 2.45) is 0 Å². The molecule has 0 aliphatic carbocycles. The van der Waals surface area contributed by atoms with E-state index in [-0.39, 0.29) is 11.8 Å². The van der Waals surface area contributed by atoms with E-state index in [1.165, 1.54) is 10.9 Å². The maximum Gasteiger partial charge on any atom is 0.221 e. The number of aromatic amines is 1. The number of amides is 2. The fourth-order valence-corrected chi connectivity index (χ4v) is 2.78. The number of hydrogen-bond acceptors (Lipinski definition) is 2. The fourth-order valence-electron chi connectivity index (χ4n) is 2.78. The van der Waals surface area contributed by atoms with Crippen LogP contribution in [0.5, 0.6) is 0 Å². The Morgan fingerprint density at radius 2 is 2.00 bits per heavy atom. The molecule has 0 saturated carbocycles. The molecule has 0 bridgehead atoms. The first-order valence-electron chi connectivity index (χ1n) is 8.69. The number of nitrogens with zero attached hydrogens (tertiary/aromatic N) is 1. The molecule has 130 valence electrons. The van der Waals surface area contributed by atoms with Crippen LogP contribution >= 0.6 is 0 Å². The van der Waals surface area contributed by atoms with Crippen molar-refractivity contribution in [1.82, 2.24) is 15.2 Å². The molecule has 0 saturated heterocycles. The summed E-state index contributed by atoms with van der Waals surface area (Å²) in [5.74, 6) is 0.0348. The third kappa shape index (κ3) is 5.11. The Bertz CT molecular complexity index is 678. The predicted octanol–water partition coefficient (Wildman–Crippen LogP) is 2.87. The van der Waals surface area contributed by atoms with E-state index in [2.05, 4.69) is 23.3 Å². The zero-order chi connectivity index (χ0) is 17.4. The number of para-hydroxylation sites is 1. The third-order valence-corrected chi connectivity index (χ3v) is 4.23. The van der Waals surface area contributed by atoms with Crippen LogP contribution in [0.1, 0.15) is 38.7 Å². The summed E-state index contributed by atoms with van der Waals surface area (Å²) in [5, 5.41) is 4.15. The number of rotatable bonds is 9. The van der Waals surface area contributed by atoms with Gasteiger partial charge in [0.15, 0.2) is 0 Å². The van der Waals surface area contributed by atoms with Gasteiger partial charge in [-0.25, -0.2) is 0 Å². The van der Waals surface area contributed by atoms with Gasteiger partial charge in [0, 0.05) is 50.1 Å². The summed E-state index contributed by atoms with van der Waals surface area (Å²) in [6.07, 6.45) is 5.17. The molecule has 0 unspecified atom stereocenters. The summed E-state index contributed by atoms with van der Waals surface area (Å²) in [6.45, 7) is 5.48. The molecule has 1 aromatic carbocycles. The second kappa shape index (κ2) is 9.11. The number of carbonyl (C=O) groups excluding carboxylic acids is 2. The van der Waals surface area contributed by atoms with Crippen LogP contribution in [0.15, 0.2) is 30.5 Å². The van der Waals surface area contributed by atoms with Crippen molar-refractivity contribution in [2.75, 3.05) is 19.6 Å². The second-order valence-corrected chi connectivity index (χ2v) is 6.07. The number of hydrogen-bond donors (Lipinski definition) is 2. The number of nitrogens with one attached hydrogen (secondary N) is 2. The van der Waals surface area contributed by atoms with Gasteiger partial charge in [-0.3, -0.25) is 9.59 Å². The van der Waals surface area contributed by atoms with E-state index in [1.54, 1.807) is 11.8 Å². The van der Waals surface area contributed by atoms with Gasteiger partial charge < -0.3 is 15.2 Å². The van der Waals surface area contributed by atoms with Gasteiger partial charge in [-0.05, 0) is 24.5 Å². The molecule has 0 fully saturated rings. The SMILES string of the molecule is CCCCN(CCC(=O)NCCc1c[nH]c2ccccc12)C(C)=O. The number of carbonyl (C=O) groups is 2. The topological polar surface area (TPSA) is 65.2 Å². The van der Waals surface area contributed by atoms with Gasteiger partial charge in [0.25, 0.3) is 0 Å². The van der Waals surface area contributed by atoms with Crippen LogP contribution in [0.25, 0.3) is 10.9 Å². The number of unbranched alkanes of at least 4 members (excludes halogenated alkanes) is 1. The highest BCUT2D eigenvalue weighted by Crippen LogP contribution is 2.17. The third-order valence-electron chi connectivity index (χ3n) is 4.23. The van der Waals surface area contributed by atoms with Crippen molar-refractivity contribution >= 4 is 22.7 Å². The Morgan fingerprint density at radius 3 is 2.75 bits per heavy atom. The molecule has 2 rings (SSSR count). The van der Waals surface area contributed by atoms with E-state index in [0.717, 1.165) is 31.3 Å². The van der Waals surface area contributed by atoms with Gasteiger partial charge in [0.1, 0.15) is 0 Å². The van der Waals surface area contributed by atoms with Crippen molar-refractivity contribution in [3.63, 3.8) is 0 Å². The van der Waals surface area contributed by atoms with Crippen LogP contribution in [0.4, 0.5) is 0 Å². The molecule has 0 aliphatic heterocycles. The zero-order valence-electron chi connectivity index (χ0n) is 14.6. The Balaban J connectivity index is 1.74. The lowest BCUT2D eigenvalue weighted by atomic mass is 10.1. The molecule has 1 aromatic heterocycles. The average molecular weight is 329 g/mol. The quantitative estimate of drug-likeness (QED) is 0.743. The van der Waals surface area contributed by atoms with Crippen LogP contribution in [0.3, 0.4) is 0 Å². The summed E-state index contributed by atoms with van der Waals surface area (Å²) < 4.78 is 0. The zero-order valence-corrected chi connectivity index (χ0v) is 14.6. The summed E-state index contributed by atoms with van der Waals surface area (Å²) in [5.41, 5.74) is 2.33. The molecule has 1 heterocycles. The summed E-state index contributed by atoms with van der Waals surface area (Å²) in [7, 11) is 0. The van der Waals surface area contributed by atoms with E-state index < -0.39 is 0 Å². The van der Waals surface area contributed by atoms with Gasteiger partial charge in [-0.15, -0.1) is 0 Å². The van der Waals surface area contributed by atoms with Gasteiger partial charge >= 0.3 is 0 Å². The predicted molar refractivity (Wildman–Crippen MR) is 96.8 cm³/mol. The van der Waals surface area contributed by atoms with Crippen molar-refractivity contribution in [1.29, 1.82) is 0 Å². The first-order chi connectivity index (χ1) is 11.6. The molecule has 0 spiro atoms. The highest BCUT2D eigenvalue weighted by molar-refractivity contribution is 5.83. The Kier molecular flexibility index (Phi) is 6.85. The van der Waals surface area contributed by atoms with Gasteiger partial charge in [0.05, 0.1) is 0 Å². The molecular weight excluding hydrogens is 302 g/mol. The maximum absolute atomic E-state index is 12.0. The Labute approximate surface area is 143 Å². The summed E-state index contributed by atoms with van der Waals surface area (Å²) >= 11 is 0. The van der Waals surface area contributed by atoms with E-state index in [0.29, 0.717) is 19.5 Å². The lowest BCUT2D eigenvalue weighted by Crippen LogP contribution is -2.35. The standard InChI is InChI=1S/C19H27N3O2/c1-3-4-12-22(15(2)23)13-10-19(24)20-11-9-16-14-21-18-8-6-5-7-17(16)18/h5-8,14,21H,3-4,9-13H2,1-2H3,(H,20,24). The van der Waals surface area contributed by atoms with E-state index in [4.69, 9.17) is 0 Å². The summed E-state index contributed by atoms with van der Waals surface area (Å²) in [6, 6.07) is 8.15. The minimum Gasteiger partial charge on any atom is -0.361 e. The highest BCUT2D eigenvalue weighted by Gasteiger charge is 2.10. The molecule has 0 atom stereocenters. The normalized spacial score (nSPS) is 10.8. The molecule has 2 N–H and O–H groups in total. The van der Waals surface area contributed by atoms with Crippen molar-refractivity contribution in [3.05, 3.63) is 36.0 Å². The molecule has 5 nitrogen and oxygen atoms in total. The first kappa shape index (κ1) is 18.0. The van der Waals surface area contributed by atoms with Crippen molar-refractivity contribution in [3.8, 4) is 0 Å². The number of fused-ring (bicyclic) bond motifs is 1. The Hall–Kier alpha value is -2.30. The molecule has 24 heavy (non-hydrogen) atoms. The van der Waals surface area contributed by atoms with Crippen LogP contribution in [-0.2, 0) is 16.0 Å². The van der Waals surface area contributed by atoms with Crippen LogP contribution in [0, 0.1) is 0 Å². The minimum absolute atomic E-state index is 0.00223. The number of aromatic nitrogens is 1. The molecule has 0 radical (unpaired) electrons. The van der Waals surface area contributed by atoms with E-state index >= 15 is 0 Å². The average Bonchev–Trinajstić information content (AvgIpc) is 2.98. The maximum atomic E-state index is 12.0. The number of H-pyrrole nitrogens is 1. The fraction of sp³-hybridized carbons (Fsp3) is 0.474. The lowest BCUT2D eigenvalue weighted by molar-refractivity contribution is -0.129. The van der Waals surface area contributed by atoms with Crippen LogP contribution in [-0.4, -0.2) is 41.3 Å². The largest absolute Gasteiger partial charge is 0.361 e. The molecular formula is C19H27N3O2. The van der Waals surface area contributed by atoms with Gasteiger partial charge in [-0.1, -0.05) is 31.5 Å². The van der Waals surface area contributed by atoms with Crippen molar-refractivity contribution in [2.45, 2.75) is 39.5 Å². The first-order valence-corrected chi connectivity index (χ1v) is 8.69. The molecule has 2 amide bonds. The van der Waals surface area contributed by atoms with E-state index in [1.807, 2.05) is 24.4 Å². The molecule has 2 aromatic rings. The van der Waals surface area contributed by atoms with Crippen LogP contribution < -0.4 is 5.32 Å². The smallest absolute Gasteiger partial charge is 0.221 e. The van der Waals surface area contributed by atoms with Gasteiger partial charge in [-0.2, -0.15) is 0 Å². The van der Waals surface area contributed by atoms with Crippen LogP contribution in [0.2, 0.25) is 0 Å². The lowest BCUT2D eigenvalue weighted by Gasteiger charge is -2.20. The monoisotopic (exact) mass is 329 g/mol. The minimum atomic E-state index is -0.00223. The Morgan fingerprint density at radius 1 is 1.21 bits per heavy atom. The second-order valence-electron chi connectivity index (χ2n) is 6.07. The van der Waals surface area contributed by atoms with E-state index in [9.17, 15) is 9.59 Å². The van der Waals surface area contributed by atoms with Gasteiger partial charge in [0.2, 0.25) is 11.8 Å². The highest BCUT2D eigenvalue weighted by atomic mass is 16.2. The van der Waals surface area contributed by atoms with Crippen molar-refractivity contribution < 1.29 is 9.59 Å². The summed E-state index contributed by atoms with van der Waals surface area (Å²) in [4.78, 5) is 28.5. The molecule has 0 aliphatic rings. The molecule has 5 heteroatoms. The number of benzene rings is 1.